The van der Waals surface area contributed by atoms with Crippen molar-refractivity contribution in [3.8, 4) is 5.75 Å². The van der Waals surface area contributed by atoms with Crippen molar-refractivity contribution >= 4 is 33.6 Å². The summed E-state index contributed by atoms with van der Waals surface area (Å²) in [4.78, 5) is 33.7. The molecule has 0 saturated heterocycles. The van der Waals surface area contributed by atoms with Crippen LogP contribution < -0.4 is 10.3 Å². The van der Waals surface area contributed by atoms with Gasteiger partial charge >= 0.3 is 5.97 Å². The third-order valence-corrected chi connectivity index (χ3v) is 5.92. The number of aromatic amines is 1. The zero-order chi connectivity index (χ0) is 19.5. The Kier molecular flexibility index (Phi) is 5.25. The quantitative estimate of drug-likeness (QED) is 0.526. The van der Waals surface area contributed by atoms with Gasteiger partial charge in [0.15, 0.2) is 0 Å². The van der Waals surface area contributed by atoms with Crippen LogP contribution in [0.5, 0.6) is 5.75 Å². The number of rotatable bonds is 5. The van der Waals surface area contributed by atoms with Crippen LogP contribution in [0.25, 0.3) is 16.3 Å². The molecule has 1 N–H and O–H groups in total. The molecule has 0 bridgehead atoms. The summed E-state index contributed by atoms with van der Waals surface area (Å²) in [6.07, 6.45) is 7.20. The highest BCUT2D eigenvalue weighted by Gasteiger charge is 2.19. The molecule has 1 aromatic carbocycles. The minimum atomic E-state index is -0.504. The molecule has 4 rings (SSSR count). The van der Waals surface area contributed by atoms with Gasteiger partial charge in [-0.05, 0) is 55.0 Å². The van der Waals surface area contributed by atoms with Crippen LogP contribution in [0.1, 0.15) is 34.7 Å². The van der Waals surface area contributed by atoms with Gasteiger partial charge in [0.05, 0.1) is 12.5 Å². The van der Waals surface area contributed by atoms with E-state index >= 15 is 0 Å². The number of hydrogen-bond acceptors (Lipinski definition) is 6. The Hall–Kier alpha value is -2.93. The number of fused-ring (bicyclic) bond motifs is 3. The maximum atomic E-state index is 12.5. The van der Waals surface area contributed by atoms with Gasteiger partial charge in [-0.3, -0.25) is 4.79 Å². The number of nitrogens with zero attached hydrogens (tertiary/aromatic N) is 1. The number of thiophene rings is 1. The Balaban J connectivity index is 1.45. The number of carbonyl (C=O) groups excluding carboxylic acids is 1. The second-order valence-corrected chi connectivity index (χ2v) is 7.70. The molecular weight excluding hydrogens is 376 g/mol. The molecule has 0 unspecified atom stereocenters. The lowest BCUT2D eigenvalue weighted by atomic mass is 9.97. The number of H-pyrrole nitrogens is 1. The highest BCUT2D eigenvalue weighted by molar-refractivity contribution is 7.18. The Labute approximate surface area is 165 Å². The van der Waals surface area contributed by atoms with E-state index in [1.54, 1.807) is 24.5 Å². The summed E-state index contributed by atoms with van der Waals surface area (Å²) in [5.41, 5.74) is 1.82. The summed E-state index contributed by atoms with van der Waals surface area (Å²) in [5.74, 6) is 0.569. The molecule has 7 heteroatoms. The number of hydrogen-bond donors (Lipinski definition) is 1. The summed E-state index contributed by atoms with van der Waals surface area (Å²) in [5, 5.41) is 0.702. The van der Waals surface area contributed by atoms with E-state index in [-0.39, 0.29) is 12.2 Å². The highest BCUT2D eigenvalue weighted by atomic mass is 32.1. The van der Waals surface area contributed by atoms with Crippen LogP contribution in [-0.4, -0.2) is 23.0 Å². The van der Waals surface area contributed by atoms with Gasteiger partial charge in [0, 0.05) is 11.0 Å². The van der Waals surface area contributed by atoms with E-state index in [0.29, 0.717) is 17.0 Å². The van der Waals surface area contributed by atoms with Crippen molar-refractivity contribution in [2.75, 3.05) is 7.11 Å². The largest absolute Gasteiger partial charge is 0.497 e. The lowest BCUT2D eigenvalue weighted by Crippen LogP contribution is -2.14. The molecule has 0 atom stereocenters. The predicted octanol–water partition coefficient (Wildman–Crippen LogP) is 3.63. The number of benzene rings is 1. The molecule has 6 nitrogen and oxygen atoms in total. The van der Waals surface area contributed by atoms with Crippen LogP contribution in [0, 0.1) is 0 Å². The minimum Gasteiger partial charge on any atom is -0.497 e. The van der Waals surface area contributed by atoms with Crippen molar-refractivity contribution in [3.63, 3.8) is 0 Å². The second-order valence-electron chi connectivity index (χ2n) is 6.62. The van der Waals surface area contributed by atoms with Crippen molar-refractivity contribution in [3.05, 3.63) is 62.5 Å². The molecule has 144 valence electrons. The zero-order valence-electron chi connectivity index (χ0n) is 15.5. The SMILES string of the molecule is COc1cccc(/C=C/C(=O)OCc2nc3sc4c(c3c(=O)[nH]2)CCCC4)c1. The molecule has 2 aromatic heterocycles. The average molecular weight is 396 g/mol. The van der Waals surface area contributed by atoms with E-state index in [0.717, 1.165) is 41.6 Å². The van der Waals surface area contributed by atoms with Gasteiger partial charge in [-0.15, -0.1) is 11.3 Å². The lowest BCUT2D eigenvalue weighted by Gasteiger charge is -2.09. The zero-order valence-corrected chi connectivity index (χ0v) is 16.3. The number of carbonyl (C=O) groups is 1. The van der Waals surface area contributed by atoms with Crippen LogP contribution in [0.15, 0.2) is 35.1 Å². The van der Waals surface area contributed by atoms with Gasteiger partial charge in [-0.25, -0.2) is 9.78 Å². The Morgan fingerprint density at radius 1 is 1.32 bits per heavy atom. The van der Waals surface area contributed by atoms with Gasteiger partial charge in [0.2, 0.25) is 0 Å². The third-order valence-electron chi connectivity index (χ3n) is 4.73. The van der Waals surface area contributed by atoms with Crippen LogP contribution in [-0.2, 0) is 29.0 Å². The molecule has 0 spiro atoms. The van der Waals surface area contributed by atoms with Gasteiger partial charge in [0.1, 0.15) is 23.0 Å². The fraction of sp³-hybridized carbons (Fsp3) is 0.286. The molecule has 1 aliphatic carbocycles. The number of nitrogens with one attached hydrogen (secondary N) is 1. The van der Waals surface area contributed by atoms with Crippen molar-refractivity contribution in [2.45, 2.75) is 32.3 Å². The predicted molar refractivity (Wildman–Crippen MR) is 109 cm³/mol. The first kappa shape index (κ1) is 18.4. The number of methoxy groups -OCH3 is 1. The number of aryl methyl sites for hydroxylation is 2. The molecule has 28 heavy (non-hydrogen) atoms. The van der Waals surface area contributed by atoms with Gasteiger partial charge in [-0.1, -0.05) is 12.1 Å². The minimum absolute atomic E-state index is 0.0744. The van der Waals surface area contributed by atoms with Gasteiger partial charge in [0.25, 0.3) is 5.56 Å². The molecule has 3 aromatic rings. The molecule has 2 heterocycles. The fourth-order valence-corrected chi connectivity index (χ4v) is 4.65. The van der Waals surface area contributed by atoms with E-state index < -0.39 is 5.97 Å². The average Bonchev–Trinajstić information content (AvgIpc) is 3.09. The standard InChI is InChI=1S/C21H20N2O4S/c1-26-14-6-4-5-13(11-14)9-10-18(24)27-12-17-22-20(25)19-15-7-2-3-8-16(15)28-21(19)23-17/h4-6,9-11H,2-3,7-8,12H2,1H3,(H,22,23,25)/b10-9+. The molecule has 0 saturated carbocycles. The van der Waals surface area contributed by atoms with Crippen molar-refractivity contribution < 1.29 is 14.3 Å². The maximum absolute atomic E-state index is 12.5. The topological polar surface area (TPSA) is 81.3 Å². The lowest BCUT2D eigenvalue weighted by molar-refractivity contribution is -0.139. The summed E-state index contributed by atoms with van der Waals surface area (Å²) in [7, 11) is 1.59. The van der Waals surface area contributed by atoms with E-state index in [1.165, 1.54) is 11.0 Å². The fourth-order valence-electron chi connectivity index (χ4n) is 3.37. The first-order valence-corrected chi connectivity index (χ1v) is 9.98. The molecule has 0 amide bonds. The Bertz CT molecular complexity index is 1110. The normalized spacial score (nSPS) is 13.6. The number of aromatic nitrogens is 2. The monoisotopic (exact) mass is 396 g/mol. The Morgan fingerprint density at radius 3 is 3.04 bits per heavy atom. The third kappa shape index (κ3) is 3.84. The summed E-state index contributed by atoms with van der Waals surface area (Å²) >= 11 is 1.58. The summed E-state index contributed by atoms with van der Waals surface area (Å²) < 4.78 is 10.4. The van der Waals surface area contributed by atoms with E-state index in [2.05, 4.69) is 9.97 Å². The van der Waals surface area contributed by atoms with E-state index in [4.69, 9.17) is 9.47 Å². The van der Waals surface area contributed by atoms with E-state index in [1.807, 2.05) is 24.3 Å². The summed E-state index contributed by atoms with van der Waals surface area (Å²) in [6.45, 7) is -0.0744. The molecule has 0 radical (unpaired) electrons. The molecule has 0 aliphatic heterocycles. The van der Waals surface area contributed by atoms with Crippen LogP contribution in [0.3, 0.4) is 0 Å². The van der Waals surface area contributed by atoms with Crippen LogP contribution >= 0.6 is 11.3 Å². The molecule has 0 fully saturated rings. The van der Waals surface area contributed by atoms with Gasteiger partial charge < -0.3 is 14.5 Å². The van der Waals surface area contributed by atoms with E-state index in [9.17, 15) is 9.59 Å². The number of ether oxygens (including phenoxy) is 2. The summed E-state index contributed by atoms with van der Waals surface area (Å²) in [6, 6.07) is 7.34. The van der Waals surface area contributed by atoms with Gasteiger partial charge in [-0.2, -0.15) is 0 Å². The number of esters is 1. The smallest absolute Gasteiger partial charge is 0.331 e. The Morgan fingerprint density at radius 2 is 2.18 bits per heavy atom. The maximum Gasteiger partial charge on any atom is 0.331 e. The second kappa shape index (κ2) is 7.98. The molecule has 1 aliphatic rings. The van der Waals surface area contributed by atoms with Crippen LogP contribution in [0.2, 0.25) is 0 Å². The van der Waals surface area contributed by atoms with Crippen molar-refractivity contribution in [2.24, 2.45) is 0 Å². The molecular formula is C21H20N2O4S. The van der Waals surface area contributed by atoms with Crippen LogP contribution in [0.4, 0.5) is 0 Å². The highest BCUT2D eigenvalue weighted by Crippen LogP contribution is 2.33. The van der Waals surface area contributed by atoms with Crippen molar-refractivity contribution in [1.82, 2.24) is 9.97 Å². The van der Waals surface area contributed by atoms with Crippen molar-refractivity contribution in [1.29, 1.82) is 0 Å². The first-order valence-electron chi connectivity index (χ1n) is 9.16. The first-order chi connectivity index (χ1) is 13.6.